The fraction of sp³-hybridized carbons (Fsp3) is 0.476. The average molecular weight is 468 g/mol. The maximum atomic E-state index is 12.5. The van der Waals surface area contributed by atoms with Gasteiger partial charge in [0.25, 0.3) is 0 Å². The van der Waals surface area contributed by atoms with E-state index < -0.39 is 35.5 Å². The number of allylic oxidation sites excluding steroid dienone is 1. The molecule has 1 aromatic heterocycles. The molecule has 1 heterocycles. The third-order valence-electron chi connectivity index (χ3n) is 3.61. The van der Waals surface area contributed by atoms with Crippen LogP contribution in [0.4, 0.5) is 4.79 Å². The molecule has 3 N–H and O–H groups in total. The fourth-order valence-corrected chi connectivity index (χ4v) is 2.91. The number of alkyl carbamates (subject to hydrolysis) is 1. The van der Waals surface area contributed by atoms with Crippen LogP contribution in [0, 0.1) is 0 Å². The topological polar surface area (TPSA) is 147 Å². The second kappa shape index (κ2) is 12.0. The summed E-state index contributed by atoms with van der Waals surface area (Å²) in [6.45, 7) is 10.2. The Labute approximate surface area is 190 Å². The van der Waals surface area contributed by atoms with E-state index in [-0.39, 0.29) is 35.2 Å². The fourth-order valence-electron chi connectivity index (χ4n) is 2.20. The van der Waals surface area contributed by atoms with E-state index in [9.17, 15) is 19.2 Å². The van der Waals surface area contributed by atoms with Gasteiger partial charge in [-0.25, -0.2) is 19.4 Å². The number of amides is 1. The van der Waals surface area contributed by atoms with E-state index in [0.29, 0.717) is 0 Å². The van der Waals surface area contributed by atoms with Gasteiger partial charge in [-0.2, -0.15) is 0 Å². The van der Waals surface area contributed by atoms with Crippen molar-refractivity contribution in [1.82, 2.24) is 10.3 Å². The predicted molar refractivity (Wildman–Crippen MR) is 118 cm³/mol. The number of carbonyl (C=O) groups is 4. The average Bonchev–Trinajstić information content (AvgIpc) is 3.17. The molecule has 10 nitrogen and oxygen atoms in total. The number of ketones is 1. The van der Waals surface area contributed by atoms with Gasteiger partial charge in [0.05, 0.1) is 24.8 Å². The lowest BCUT2D eigenvalue weighted by Crippen LogP contribution is -2.41. The molecule has 1 amide bonds. The molecule has 0 aromatic carbocycles. The van der Waals surface area contributed by atoms with Crippen LogP contribution in [0.15, 0.2) is 28.8 Å². The molecule has 0 aliphatic rings. The van der Waals surface area contributed by atoms with Crippen molar-refractivity contribution in [3.63, 3.8) is 0 Å². The number of ether oxygens (including phenoxy) is 3. The molecule has 1 rings (SSSR count). The molecule has 0 aliphatic heterocycles. The first-order chi connectivity index (χ1) is 14.9. The minimum Gasteiger partial charge on any atom is -0.462 e. The molecule has 0 saturated carbocycles. The van der Waals surface area contributed by atoms with Crippen LogP contribution in [0.25, 0.3) is 0 Å². The zero-order chi connectivity index (χ0) is 24.5. The summed E-state index contributed by atoms with van der Waals surface area (Å²) in [7, 11) is 0. The molecule has 176 valence electrons. The summed E-state index contributed by atoms with van der Waals surface area (Å²) >= 11 is 0.961. The third kappa shape index (κ3) is 8.50. The van der Waals surface area contributed by atoms with Gasteiger partial charge in [-0.1, -0.05) is 0 Å². The van der Waals surface area contributed by atoms with Crippen molar-refractivity contribution in [3.8, 4) is 0 Å². The van der Waals surface area contributed by atoms with Crippen molar-refractivity contribution in [2.24, 2.45) is 5.73 Å². The molecule has 0 fully saturated rings. The molecule has 0 aliphatic carbocycles. The number of esters is 2. The molecule has 0 saturated heterocycles. The first-order valence-electron chi connectivity index (χ1n) is 9.90. The van der Waals surface area contributed by atoms with Crippen LogP contribution >= 0.6 is 11.3 Å². The Bertz CT molecular complexity index is 913. The number of nitrogens with one attached hydrogen (secondary N) is 1. The summed E-state index contributed by atoms with van der Waals surface area (Å²) in [5.41, 5.74) is 5.25. The van der Waals surface area contributed by atoms with Gasteiger partial charge in [0, 0.05) is 11.1 Å². The van der Waals surface area contributed by atoms with E-state index in [2.05, 4.69) is 10.3 Å². The van der Waals surface area contributed by atoms with E-state index in [4.69, 9.17) is 19.9 Å². The highest BCUT2D eigenvalue weighted by Gasteiger charge is 2.22. The van der Waals surface area contributed by atoms with Gasteiger partial charge in [-0.05, 0) is 53.7 Å². The second-order valence-corrected chi connectivity index (χ2v) is 8.27. The first-order valence-corrected chi connectivity index (χ1v) is 10.8. The smallest absolute Gasteiger partial charge is 0.408 e. The maximum absolute atomic E-state index is 12.5. The summed E-state index contributed by atoms with van der Waals surface area (Å²) in [5, 5.41) is 3.97. The Morgan fingerprint density at radius 1 is 1.16 bits per heavy atom. The molecular formula is C21H29N3O7S. The van der Waals surface area contributed by atoms with Crippen LogP contribution in [-0.2, 0) is 19.0 Å². The SMILES string of the molecule is CCOC(=O)C(/C=C/C(=O)c1nc(C(=O)OCC)cs1)=C(/N)[C@@H](C)NC(=O)OC(C)(C)C. The van der Waals surface area contributed by atoms with Crippen molar-refractivity contribution in [3.05, 3.63) is 39.5 Å². The lowest BCUT2D eigenvalue weighted by Gasteiger charge is -2.22. The first kappa shape index (κ1) is 26.8. The molecule has 0 unspecified atom stereocenters. The minimum atomic E-state index is -0.792. The maximum Gasteiger partial charge on any atom is 0.408 e. The number of nitrogens with zero attached hydrogens (tertiary/aromatic N) is 1. The molecule has 1 aromatic rings. The van der Waals surface area contributed by atoms with Crippen molar-refractivity contribution in [2.45, 2.75) is 53.2 Å². The van der Waals surface area contributed by atoms with Crippen LogP contribution in [0.1, 0.15) is 61.8 Å². The van der Waals surface area contributed by atoms with E-state index in [1.807, 2.05) is 0 Å². The Kier molecular flexibility index (Phi) is 10.0. The number of rotatable bonds is 9. The van der Waals surface area contributed by atoms with E-state index in [1.54, 1.807) is 41.5 Å². The Hall–Kier alpha value is -3.21. The van der Waals surface area contributed by atoms with Crippen molar-refractivity contribution >= 4 is 35.2 Å². The molecule has 11 heteroatoms. The highest BCUT2D eigenvalue weighted by molar-refractivity contribution is 7.12. The number of hydrogen-bond donors (Lipinski definition) is 2. The molecule has 0 spiro atoms. The lowest BCUT2D eigenvalue weighted by molar-refractivity contribution is -0.138. The van der Waals surface area contributed by atoms with Gasteiger partial charge in [0.15, 0.2) is 10.7 Å². The molecule has 1 atom stereocenters. The highest BCUT2D eigenvalue weighted by atomic mass is 32.1. The predicted octanol–water partition coefficient (Wildman–Crippen LogP) is 2.75. The van der Waals surface area contributed by atoms with E-state index in [1.165, 1.54) is 11.5 Å². The Morgan fingerprint density at radius 2 is 1.78 bits per heavy atom. The van der Waals surface area contributed by atoms with Gasteiger partial charge in [-0.15, -0.1) is 11.3 Å². The second-order valence-electron chi connectivity index (χ2n) is 7.41. The summed E-state index contributed by atoms with van der Waals surface area (Å²) < 4.78 is 15.0. The summed E-state index contributed by atoms with van der Waals surface area (Å²) in [5.74, 6) is -1.95. The number of hydrogen-bond acceptors (Lipinski definition) is 10. The minimum absolute atomic E-state index is 0.0180. The van der Waals surface area contributed by atoms with Crippen LogP contribution in [0.3, 0.4) is 0 Å². The summed E-state index contributed by atoms with van der Waals surface area (Å²) in [6.07, 6.45) is 1.56. The molecule has 0 bridgehead atoms. The van der Waals surface area contributed by atoms with Crippen molar-refractivity contribution in [1.29, 1.82) is 0 Å². The molecule has 0 radical (unpaired) electrons. The van der Waals surface area contributed by atoms with Gasteiger partial charge in [0.2, 0.25) is 5.78 Å². The standard InChI is InChI=1S/C21H29N3O7S/c1-7-29-18(26)13(16(22)12(3)23-20(28)31-21(4,5)6)9-10-15(25)17-24-14(11-32-17)19(27)30-8-2/h9-12H,7-8,22H2,1-6H3,(H,23,28)/b10-9+,16-13+/t12-/m1/s1. The van der Waals surface area contributed by atoms with E-state index in [0.717, 1.165) is 17.4 Å². The van der Waals surface area contributed by atoms with Gasteiger partial charge >= 0.3 is 18.0 Å². The van der Waals surface area contributed by atoms with Gasteiger partial charge in [-0.3, -0.25) is 4.79 Å². The van der Waals surface area contributed by atoms with Gasteiger partial charge in [0.1, 0.15) is 5.60 Å². The Morgan fingerprint density at radius 3 is 2.34 bits per heavy atom. The Balaban J connectivity index is 3.09. The molecule has 32 heavy (non-hydrogen) atoms. The van der Waals surface area contributed by atoms with Gasteiger partial charge < -0.3 is 25.3 Å². The largest absolute Gasteiger partial charge is 0.462 e. The normalized spacial score (nSPS) is 13.2. The van der Waals surface area contributed by atoms with Crippen LogP contribution < -0.4 is 11.1 Å². The monoisotopic (exact) mass is 467 g/mol. The summed E-state index contributed by atoms with van der Waals surface area (Å²) in [4.78, 5) is 52.5. The number of nitrogens with two attached hydrogens (primary N) is 1. The summed E-state index contributed by atoms with van der Waals surface area (Å²) in [6, 6.07) is -0.792. The zero-order valence-electron chi connectivity index (χ0n) is 19.0. The quantitative estimate of drug-likeness (QED) is 0.184. The highest BCUT2D eigenvalue weighted by Crippen LogP contribution is 2.15. The van der Waals surface area contributed by atoms with Crippen LogP contribution in [-0.4, -0.2) is 53.7 Å². The number of thiazole rings is 1. The van der Waals surface area contributed by atoms with Crippen molar-refractivity contribution < 1.29 is 33.4 Å². The molecular weight excluding hydrogens is 438 g/mol. The number of aromatic nitrogens is 1. The van der Waals surface area contributed by atoms with E-state index >= 15 is 0 Å². The van der Waals surface area contributed by atoms with Crippen molar-refractivity contribution in [2.75, 3.05) is 13.2 Å². The van der Waals surface area contributed by atoms with Crippen LogP contribution in [0.2, 0.25) is 0 Å². The third-order valence-corrected chi connectivity index (χ3v) is 4.46. The lowest BCUT2D eigenvalue weighted by atomic mass is 10.1. The zero-order valence-corrected chi connectivity index (χ0v) is 19.8. The number of carbonyl (C=O) groups excluding carboxylic acids is 4. The van der Waals surface area contributed by atoms with Crippen LogP contribution in [0.5, 0.6) is 0 Å².